The summed E-state index contributed by atoms with van der Waals surface area (Å²) in [5, 5.41) is 10.9. The van der Waals surface area contributed by atoms with E-state index in [1.54, 1.807) is 13.0 Å². The van der Waals surface area contributed by atoms with Crippen LogP contribution in [0.2, 0.25) is 0 Å². The van der Waals surface area contributed by atoms with Crippen LogP contribution in [0.5, 0.6) is 0 Å². The minimum absolute atomic E-state index is 0.330. The predicted molar refractivity (Wildman–Crippen MR) is 58.6 cm³/mol. The monoisotopic (exact) mass is 256 g/mol. The molecule has 0 spiro atoms. The van der Waals surface area contributed by atoms with E-state index in [0.717, 1.165) is 12.1 Å². The van der Waals surface area contributed by atoms with Gasteiger partial charge in [0.25, 0.3) is 5.91 Å². The summed E-state index contributed by atoms with van der Waals surface area (Å²) in [6.45, 7) is 1.66. The lowest BCUT2D eigenvalue weighted by Gasteiger charge is -2.14. The van der Waals surface area contributed by atoms with Crippen LogP contribution in [0.3, 0.4) is 0 Å². The van der Waals surface area contributed by atoms with Gasteiger partial charge in [-0.15, -0.1) is 0 Å². The van der Waals surface area contributed by atoms with Gasteiger partial charge in [-0.2, -0.15) is 18.4 Å². The van der Waals surface area contributed by atoms with Crippen molar-refractivity contribution < 1.29 is 18.0 Å². The Morgan fingerprint density at radius 3 is 2.56 bits per heavy atom. The number of benzene rings is 1. The van der Waals surface area contributed by atoms with Gasteiger partial charge in [0.05, 0.1) is 17.2 Å². The third-order valence-electron chi connectivity index (χ3n) is 2.35. The fourth-order valence-electron chi connectivity index (χ4n) is 1.39. The van der Waals surface area contributed by atoms with Gasteiger partial charge in [0.2, 0.25) is 0 Å². The number of nitriles is 1. The first-order valence-electron chi connectivity index (χ1n) is 5.26. The molecule has 0 bridgehead atoms. The number of carbonyl (C=O) groups excluding carboxylic acids is 1. The molecule has 0 fully saturated rings. The van der Waals surface area contributed by atoms with E-state index in [9.17, 15) is 18.0 Å². The zero-order valence-electron chi connectivity index (χ0n) is 9.58. The second-order valence-corrected chi connectivity index (χ2v) is 3.61. The van der Waals surface area contributed by atoms with E-state index in [1.807, 2.05) is 0 Å². The van der Waals surface area contributed by atoms with Crippen molar-refractivity contribution in [1.82, 2.24) is 5.32 Å². The van der Waals surface area contributed by atoms with Crippen molar-refractivity contribution in [3.63, 3.8) is 0 Å². The average molecular weight is 256 g/mol. The molecule has 0 heterocycles. The minimum atomic E-state index is -4.59. The molecule has 0 aliphatic heterocycles. The lowest BCUT2D eigenvalue weighted by molar-refractivity contribution is -0.137. The summed E-state index contributed by atoms with van der Waals surface area (Å²) < 4.78 is 38.0. The van der Waals surface area contributed by atoms with Crippen molar-refractivity contribution in [2.24, 2.45) is 0 Å². The number of rotatable bonds is 3. The third kappa shape index (κ3) is 3.23. The molecule has 1 rings (SSSR count). The summed E-state index contributed by atoms with van der Waals surface area (Å²) in [6, 6.07) is 5.48. The molecule has 1 aromatic rings. The highest BCUT2D eigenvalue weighted by atomic mass is 19.4. The van der Waals surface area contributed by atoms with E-state index >= 15 is 0 Å². The summed E-state index contributed by atoms with van der Waals surface area (Å²) in [6.07, 6.45) is -4.27. The van der Waals surface area contributed by atoms with Gasteiger partial charge in [-0.1, -0.05) is 19.1 Å². The number of nitrogens with one attached hydrogen (secondary N) is 1. The van der Waals surface area contributed by atoms with Crippen LogP contribution in [0.25, 0.3) is 0 Å². The van der Waals surface area contributed by atoms with Gasteiger partial charge >= 0.3 is 6.18 Å². The van der Waals surface area contributed by atoms with Crippen molar-refractivity contribution in [3.8, 4) is 6.07 Å². The Labute approximate surface area is 102 Å². The summed E-state index contributed by atoms with van der Waals surface area (Å²) in [5.74, 6) is -0.892. The molecule has 1 N–H and O–H groups in total. The number of halogens is 3. The van der Waals surface area contributed by atoms with E-state index < -0.39 is 29.3 Å². The van der Waals surface area contributed by atoms with E-state index in [1.165, 1.54) is 12.1 Å². The molecule has 3 nitrogen and oxygen atoms in total. The fourth-order valence-corrected chi connectivity index (χ4v) is 1.39. The number of hydrogen-bond donors (Lipinski definition) is 1. The van der Waals surface area contributed by atoms with Gasteiger partial charge in [0, 0.05) is 0 Å². The standard InChI is InChI=1S/C12H11F3N2O/c1-2-8(7-16)17-11(18)9-5-3-4-6-10(9)12(13,14)15/h3-6,8H,2H2,1H3,(H,17,18). The van der Waals surface area contributed by atoms with Gasteiger partial charge in [-0.3, -0.25) is 4.79 Å². The Morgan fingerprint density at radius 1 is 1.44 bits per heavy atom. The van der Waals surface area contributed by atoms with Crippen LogP contribution in [0.1, 0.15) is 29.3 Å². The molecule has 1 atom stereocenters. The molecule has 1 unspecified atom stereocenters. The number of carbonyl (C=O) groups is 1. The number of alkyl halides is 3. The first-order chi connectivity index (χ1) is 8.40. The topological polar surface area (TPSA) is 52.9 Å². The highest BCUT2D eigenvalue weighted by molar-refractivity contribution is 5.96. The van der Waals surface area contributed by atoms with Gasteiger partial charge in [-0.05, 0) is 18.6 Å². The van der Waals surface area contributed by atoms with Crippen molar-refractivity contribution in [3.05, 3.63) is 35.4 Å². The quantitative estimate of drug-likeness (QED) is 0.904. The van der Waals surface area contributed by atoms with Crippen LogP contribution in [0.15, 0.2) is 24.3 Å². The van der Waals surface area contributed by atoms with E-state index in [4.69, 9.17) is 5.26 Å². The maximum atomic E-state index is 12.7. The van der Waals surface area contributed by atoms with Crippen molar-refractivity contribution in [2.45, 2.75) is 25.6 Å². The van der Waals surface area contributed by atoms with Crippen LogP contribution >= 0.6 is 0 Å². The highest BCUT2D eigenvalue weighted by Crippen LogP contribution is 2.31. The second-order valence-electron chi connectivity index (χ2n) is 3.61. The highest BCUT2D eigenvalue weighted by Gasteiger charge is 2.35. The molecule has 6 heteroatoms. The zero-order valence-corrected chi connectivity index (χ0v) is 9.58. The van der Waals surface area contributed by atoms with Gasteiger partial charge in [0.15, 0.2) is 0 Å². The fraction of sp³-hybridized carbons (Fsp3) is 0.333. The third-order valence-corrected chi connectivity index (χ3v) is 2.35. The predicted octanol–water partition coefficient (Wildman–Crippen LogP) is 2.74. The smallest absolute Gasteiger partial charge is 0.336 e. The molecule has 18 heavy (non-hydrogen) atoms. The molecule has 1 aromatic carbocycles. The normalized spacial score (nSPS) is 12.6. The van der Waals surface area contributed by atoms with Crippen LogP contribution in [0.4, 0.5) is 13.2 Å². The second kappa shape index (κ2) is 5.54. The minimum Gasteiger partial charge on any atom is -0.336 e. The molecule has 1 amide bonds. The van der Waals surface area contributed by atoms with Gasteiger partial charge in [-0.25, -0.2) is 0 Å². The molecule has 0 aromatic heterocycles. The molecule has 0 saturated carbocycles. The summed E-state index contributed by atoms with van der Waals surface area (Å²) in [5.41, 5.74) is -1.48. The first-order valence-corrected chi connectivity index (χ1v) is 5.26. The maximum absolute atomic E-state index is 12.7. The molecule has 0 aliphatic carbocycles. The SMILES string of the molecule is CCC(C#N)NC(=O)c1ccccc1C(F)(F)F. The van der Waals surface area contributed by atoms with E-state index in [2.05, 4.69) is 5.32 Å². The van der Waals surface area contributed by atoms with Crippen LogP contribution in [-0.4, -0.2) is 11.9 Å². The van der Waals surface area contributed by atoms with E-state index in [-0.39, 0.29) is 0 Å². The van der Waals surface area contributed by atoms with Crippen LogP contribution < -0.4 is 5.32 Å². The number of amides is 1. The van der Waals surface area contributed by atoms with Crippen molar-refractivity contribution in [1.29, 1.82) is 5.26 Å². The molecule has 0 radical (unpaired) electrons. The zero-order chi connectivity index (χ0) is 13.8. The Kier molecular flexibility index (Phi) is 4.32. The molecular weight excluding hydrogens is 245 g/mol. The van der Waals surface area contributed by atoms with Gasteiger partial charge in [0.1, 0.15) is 6.04 Å². The lowest BCUT2D eigenvalue weighted by Crippen LogP contribution is -2.34. The lowest BCUT2D eigenvalue weighted by atomic mass is 10.1. The largest absolute Gasteiger partial charge is 0.417 e. The first kappa shape index (κ1) is 14.0. The Bertz CT molecular complexity index is 477. The number of hydrogen-bond acceptors (Lipinski definition) is 2. The Hall–Kier alpha value is -2.03. The average Bonchev–Trinajstić information content (AvgIpc) is 2.34. The van der Waals surface area contributed by atoms with E-state index in [0.29, 0.717) is 6.42 Å². The number of nitrogens with zero attached hydrogens (tertiary/aromatic N) is 1. The molecule has 96 valence electrons. The summed E-state index contributed by atoms with van der Waals surface area (Å²) >= 11 is 0. The summed E-state index contributed by atoms with van der Waals surface area (Å²) in [4.78, 5) is 11.7. The summed E-state index contributed by atoms with van der Waals surface area (Å²) in [7, 11) is 0. The van der Waals surface area contributed by atoms with Crippen LogP contribution in [0, 0.1) is 11.3 Å². The Balaban J connectivity index is 3.04. The van der Waals surface area contributed by atoms with Gasteiger partial charge < -0.3 is 5.32 Å². The van der Waals surface area contributed by atoms with Crippen molar-refractivity contribution in [2.75, 3.05) is 0 Å². The molecular formula is C12H11F3N2O. The van der Waals surface area contributed by atoms with Crippen LogP contribution in [-0.2, 0) is 6.18 Å². The molecule has 0 saturated heterocycles. The van der Waals surface area contributed by atoms with Crippen molar-refractivity contribution >= 4 is 5.91 Å². The maximum Gasteiger partial charge on any atom is 0.417 e. The molecule has 0 aliphatic rings. The Morgan fingerprint density at radius 2 is 2.06 bits per heavy atom.